The van der Waals surface area contributed by atoms with Gasteiger partial charge in [-0.3, -0.25) is 4.98 Å². The maximum absolute atomic E-state index is 13.6. The van der Waals surface area contributed by atoms with Crippen molar-refractivity contribution in [1.29, 1.82) is 0 Å². The van der Waals surface area contributed by atoms with Gasteiger partial charge in [-0.1, -0.05) is 0 Å². The average Bonchev–Trinajstić information content (AvgIpc) is 3.04. The summed E-state index contributed by atoms with van der Waals surface area (Å²) in [5.41, 5.74) is 0.0650. The number of benzene rings is 1. The lowest BCUT2D eigenvalue weighted by molar-refractivity contribution is -0.139. The monoisotopic (exact) mass is 378 g/mol. The average molecular weight is 378 g/mol. The van der Waals surface area contributed by atoms with Crippen LogP contribution in [0.2, 0.25) is 0 Å². The highest BCUT2D eigenvalue weighted by Crippen LogP contribution is 2.34. The molecule has 3 rings (SSSR count). The molecule has 2 heterocycles. The Morgan fingerprint density at radius 3 is 2.37 bits per heavy atom. The van der Waals surface area contributed by atoms with Gasteiger partial charge in [-0.2, -0.15) is 13.2 Å². The van der Waals surface area contributed by atoms with Crippen molar-refractivity contribution in [3.05, 3.63) is 60.3 Å². The van der Waals surface area contributed by atoms with Crippen LogP contribution in [0.1, 0.15) is 5.56 Å². The van der Waals surface area contributed by atoms with Gasteiger partial charge in [0.1, 0.15) is 11.6 Å². The molecule has 0 aliphatic heterocycles. The largest absolute Gasteiger partial charge is 0.419 e. The Morgan fingerprint density at radius 2 is 1.74 bits per heavy atom. The second kappa shape index (κ2) is 7.48. The summed E-state index contributed by atoms with van der Waals surface area (Å²) in [6.07, 6.45) is 0.174. The van der Waals surface area contributed by atoms with E-state index in [0.29, 0.717) is 18.1 Å². The molecule has 0 bridgehead atoms. The van der Waals surface area contributed by atoms with E-state index in [1.807, 2.05) is 23.6 Å². The number of hydrogen-bond acceptors (Lipinski definition) is 3. The lowest BCUT2D eigenvalue weighted by atomic mass is 10.1. The predicted octanol–water partition coefficient (Wildman–Crippen LogP) is 4.33. The van der Waals surface area contributed by atoms with E-state index in [1.165, 1.54) is 6.07 Å². The van der Waals surface area contributed by atoms with Gasteiger partial charge in [0, 0.05) is 42.8 Å². The minimum atomic E-state index is -4.76. The van der Waals surface area contributed by atoms with Gasteiger partial charge in [-0.15, -0.1) is 0 Å². The van der Waals surface area contributed by atoms with Crippen LogP contribution in [0.15, 0.2) is 48.9 Å². The summed E-state index contributed by atoms with van der Waals surface area (Å²) in [6, 6.07) is 6.49. The summed E-state index contributed by atoms with van der Waals surface area (Å²) >= 11 is 0. The molecule has 0 saturated heterocycles. The van der Waals surface area contributed by atoms with Crippen LogP contribution in [0.4, 0.5) is 17.6 Å². The molecule has 0 unspecified atom stereocenters. The van der Waals surface area contributed by atoms with Gasteiger partial charge in [-0.05, 0) is 44.4 Å². The zero-order valence-electron chi connectivity index (χ0n) is 14.8. The van der Waals surface area contributed by atoms with E-state index in [2.05, 4.69) is 9.97 Å². The molecule has 0 radical (unpaired) electrons. The molecule has 0 spiro atoms. The zero-order valence-corrected chi connectivity index (χ0v) is 14.8. The fourth-order valence-corrected chi connectivity index (χ4v) is 2.67. The summed E-state index contributed by atoms with van der Waals surface area (Å²) in [6.45, 7) is 1.33. The third-order valence-corrected chi connectivity index (χ3v) is 4.07. The van der Waals surface area contributed by atoms with Crippen LogP contribution < -0.4 is 0 Å². The van der Waals surface area contributed by atoms with Crippen molar-refractivity contribution in [3.63, 3.8) is 0 Å². The first-order valence-electron chi connectivity index (χ1n) is 8.25. The topological polar surface area (TPSA) is 34.0 Å². The van der Waals surface area contributed by atoms with Gasteiger partial charge in [0.15, 0.2) is 0 Å². The first-order valence-corrected chi connectivity index (χ1v) is 8.25. The molecule has 8 heteroatoms. The maximum Gasteiger partial charge on any atom is 0.419 e. The maximum atomic E-state index is 13.6. The van der Waals surface area contributed by atoms with Crippen LogP contribution in [0.25, 0.3) is 22.6 Å². The molecule has 0 atom stereocenters. The zero-order chi connectivity index (χ0) is 19.6. The second-order valence-electron chi connectivity index (χ2n) is 6.37. The van der Waals surface area contributed by atoms with Crippen LogP contribution in [-0.2, 0) is 12.7 Å². The van der Waals surface area contributed by atoms with E-state index in [1.54, 1.807) is 30.7 Å². The highest BCUT2D eigenvalue weighted by Gasteiger charge is 2.34. The van der Waals surface area contributed by atoms with Gasteiger partial charge in [-0.25, -0.2) is 9.37 Å². The number of hydrogen-bond donors (Lipinski definition) is 0. The molecule has 0 saturated carbocycles. The van der Waals surface area contributed by atoms with Crippen molar-refractivity contribution in [2.45, 2.75) is 12.7 Å². The number of nitrogens with zero attached hydrogens (tertiary/aromatic N) is 4. The number of rotatable bonds is 5. The van der Waals surface area contributed by atoms with Gasteiger partial charge < -0.3 is 9.47 Å². The Balaban J connectivity index is 2.07. The molecule has 3 aromatic rings. The van der Waals surface area contributed by atoms with Crippen molar-refractivity contribution < 1.29 is 17.6 Å². The van der Waals surface area contributed by atoms with Crippen molar-refractivity contribution in [1.82, 2.24) is 19.4 Å². The number of likely N-dealkylation sites (N-methyl/N-ethyl adjacent to an activating group) is 1. The third-order valence-electron chi connectivity index (χ3n) is 4.07. The molecule has 0 fully saturated rings. The van der Waals surface area contributed by atoms with Crippen LogP contribution in [0.5, 0.6) is 0 Å². The van der Waals surface area contributed by atoms with Crippen LogP contribution in [0, 0.1) is 5.82 Å². The first-order chi connectivity index (χ1) is 12.8. The van der Waals surface area contributed by atoms with E-state index in [0.717, 1.165) is 24.2 Å². The number of halogens is 4. The Bertz CT molecular complexity index is 917. The Labute approximate surface area is 154 Å². The fourth-order valence-electron chi connectivity index (χ4n) is 2.67. The van der Waals surface area contributed by atoms with Gasteiger partial charge in [0.25, 0.3) is 0 Å². The minimum Gasteiger partial charge on any atom is -0.329 e. The van der Waals surface area contributed by atoms with E-state index in [-0.39, 0.29) is 5.56 Å². The highest BCUT2D eigenvalue weighted by molar-refractivity contribution is 5.65. The predicted molar refractivity (Wildman–Crippen MR) is 94.4 cm³/mol. The molecular weight excluding hydrogens is 360 g/mol. The molecular formula is C19H18F4N4. The van der Waals surface area contributed by atoms with Crippen LogP contribution >= 0.6 is 0 Å². The number of alkyl halides is 3. The summed E-state index contributed by atoms with van der Waals surface area (Å²) in [5, 5.41) is 0. The molecule has 0 N–H and O–H groups in total. The summed E-state index contributed by atoms with van der Waals surface area (Å²) in [5.74, 6) is -0.681. The molecule has 0 aliphatic carbocycles. The van der Waals surface area contributed by atoms with Crippen LogP contribution in [-0.4, -0.2) is 40.1 Å². The molecule has 0 aliphatic rings. The van der Waals surface area contributed by atoms with E-state index < -0.39 is 17.6 Å². The Kier molecular flexibility index (Phi) is 5.27. The summed E-state index contributed by atoms with van der Waals surface area (Å²) in [4.78, 5) is 10.5. The quantitative estimate of drug-likeness (QED) is 0.620. The number of pyridine rings is 1. The van der Waals surface area contributed by atoms with Crippen molar-refractivity contribution >= 4 is 0 Å². The van der Waals surface area contributed by atoms with Crippen LogP contribution in [0.3, 0.4) is 0 Å². The van der Waals surface area contributed by atoms with Gasteiger partial charge >= 0.3 is 6.18 Å². The first kappa shape index (κ1) is 19.0. The second-order valence-corrected chi connectivity index (χ2v) is 6.37. The normalized spacial score (nSPS) is 12.0. The lowest BCUT2D eigenvalue weighted by Gasteiger charge is -2.12. The number of imidazole rings is 1. The summed E-state index contributed by atoms with van der Waals surface area (Å²) in [7, 11) is 3.86. The molecule has 2 aromatic heterocycles. The van der Waals surface area contributed by atoms with E-state index >= 15 is 0 Å². The molecule has 27 heavy (non-hydrogen) atoms. The third kappa shape index (κ3) is 4.33. The van der Waals surface area contributed by atoms with Crippen molar-refractivity contribution in [3.8, 4) is 22.6 Å². The smallest absolute Gasteiger partial charge is 0.329 e. The molecule has 0 amide bonds. The van der Waals surface area contributed by atoms with Gasteiger partial charge in [0.05, 0.1) is 11.3 Å². The number of aromatic nitrogens is 3. The molecule has 1 aromatic carbocycles. The van der Waals surface area contributed by atoms with Crippen molar-refractivity contribution in [2.24, 2.45) is 0 Å². The molecule has 142 valence electrons. The van der Waals surface area contributed by atoms with E-state index in [4.69, 9.17) is 0 Å². The summed E-state index contributed by atoms with van der Waals surface area (Å²) < 4.78 is 54.5. The fraction of sp³-hybridized carbons (Fsp3) is 0.263. The lowest BCUT2D eigenvalue weighted by Crippen LogP contribution is -2.18. The Morgan fingerprint density at radius 1 is 1.04 bits per heavy atom. The van der Waals surface area contributed by atoms with Crippen molar-refractivity contribution in [2.75, 3.05) is 20.6 Å². The standard InChI is InChI=1S/C19H18F4N4/c1-26(2)9-10-27-12-17(25-18(27)13-5-7-24-8-6-13)14-3-4-16(20)15(11-14)19(21,22)23/h3-8,11-12H,9-10H2,1-2H3. The highest BCUT2D eigenvalue weighted by atomic mass is 19.4. The van der Waals surface area contributed by atoms with Gasteiger partial charge in [0.2, 0.25) is 0 Å². The van der Waals surface area contributed by atoms with E-state index in [9.17, 15) is 17.6 Å². The Hall–Kier alpha value is -2.74. The SMILES string of the molecule is CN(C)CCn1cc(-c2ccc(F)c(C(F)(F)F)c2)nc1-c1ccncc1. The minimum absolute atomic E-state index is 0.211. The molecule has 4 nitrogen and oxygen atoms in total.